The van der Waals surface area contributed by atoms with Gasteiger partial charge in [-0.1, -0.05) is 29.3 Å². The first kappa shape index (κ1) is 16.6. The monoisotopic (exact) mass is 408 g/mol. The molecule has 0 heterocycles. The normalized spacial score (nSPS) is 11.4. The van der Waals surface area contributed by atoms with E-state index in [4.69, 9.17) is 28.9 Å². The van der Waals surface area contributed by atoms with Crippen molar-refractivity contribution in [1.29, 1.82) is 0 Å². The van der Waals surface area contributed by atoms with E-state index in [2.05, 4.69) is 20.7 Å². The predicted molar refractivity (Wildman–Crippen MR) is 89.3 cm³/mol. The summed E-state index contributed by atoms with van der Waals surface area (Å²) in [6, 6.07) is 9.42. The van der Waals surface area contributed by atoms with Crippen LogP contribution in [0.4, 0.5) is 5.69 Å². The Bertz CT molecular complexity index is 782. The van der Waals surface area contributed by atoms with E-state index in [9.17, 15) is 8.42 Å². The molecule has 2 rings (SSSR count). The van der Waals surface area contributed by atoms with Gasteiger partial charge in [0.2, 0.25) is 0 Å². The lowest BCUT2D eigenvalue weighted by Crippen LogP contribution is -2.14. The molecular weight excluding hydrogens is 399 g/mol. The first-order valence-electron chi connectivity index (χ1n) is 5.80. The van der Waals surface area contributed by atoms with Crippen LogP contribution < -0.4 is 10.5 Å². The topological polar surface area (TPSA) is 72.2 Å². The van der Waals surface area contributed by atoms with E-state index in [1.807, 2.05) is 0 Å². The number of hydrogen-bond acceptors (Lipinski definition) is 3. The highest BCUT2D eigenvalue weighted by atomic mass is 79.9. The summed E-state index contributed by atoms with van der Waals surface area (Å²) in [5, 5.41) is 0.623. The third kappa shape index (κ3) is 3.90. The fourth-order valence-corrected chi connectivity index (χ4v) is 4.01. The number of benzene rings is 2. The van der Waals surface area contributed by atoms with Gasteiger partial charge in [0.25, 0.3) is 10.0 Å². The molecule has 8 heteroatoms. The third-order valence-corrected chi connectivity index (χ3v) is 5.81. The van der Waals surface area contributed by atoms with E-state index < -0.39 is 10.0 Å². The van der Waals surface area contributed by atoms with Crippen LogP contribution >= 0.6 is 39.1 Å². The zero-order chi connectivity index (χ0) is 15.6. The predicted octanol–water partition coefficient (Wildman–Crippen LogP) is 4.02. The minimum atomic E-state index is -3.76. The Kier molecular flexibility index (Phi) is 5.16. The zero-order valence-electron chi connectivity index (χ0n) is 10.6. The van der Waals surface area contributed by atoms with Crippen LogP contribution in [0.1, 0.15) is 5.56 Å². The third-order valence-electron chi connectivity index (χ3n) is 2.69. The van der Waals surface area contributed by atoms with Crippen molar-refractivity contribution < 1.29 is 8.42 Å². The van der Waals surface area contributed by atoms with Gasteiger partial charge < -0.3 is 5.73 Å². The lowest BCUT2D eigenvalue weighted by Gasteiger charge is -2.11. The summed E-state index contributed by atoms with van der Waals surface area (Å²) in [7, 11) is -3.76. The molecule has 0 aliphatic rings. The molecule has 0 bridgehead atoms. The van der Waals surface area contributed by atoms with Gasteiger partial charge in [-0.2, -0.15) is 0 Å². The standard InChI is InChI=1S/C13H11BrCl2N2O2S/c14-10-3-1-8(7-17)5-13(10)21(19,20)18-9-2-4-11(15)12(16)6-9/h1-6,18H,7,17H2. The van der Waals surface area contributed by atoms with Gasteiger partial charge in [0, 0.05) is 11.0 Å². The number of nitrogens with one attached hydrogen (secondary N) is 1. The molecule has 4 nitrogen and oxygen atoms in total. The van der Waals surface area contributed by atoms with Gasteiger partial charge in [-0.05, 0) is 51.8 Å². The number of halogens is 3. The van der Waals surface area contributed by atoms with Crippen LogP contribution in [0, 0.1) is 0 Å². The summed E-state index contributed by atoms with van der Waals surface area (Å²) < 4.78 is 27.8. The Labute approximate surface area is 141 Å². The molecule has 0 spiro atoms. The fourth-order valence-electron chi connectivity index (χ4n) is 1.65. The number of rotatable bonds is 4. The van der Waals surface area contributed by atoms with Crippen molar-refractivity contribution in [3.63, 3.8) is 0 Å². The van der Waals surface area contributed by atoms with E-state index in [1.165, 1.54) is 24.3 Å². The summed E-state index contributed by atoms with van der Waals surface area (Å²) >= 11 is 14.9. The molecule has 112 valence electrons. The number of sulfonamides is 1. The maximum atomic E-state index is 12.4. The van der Waals surface area contributed by atoms with Gasteiger partial charge >= 0.3 is 0 Å². The van der Waals surface area contributed by atoms with Gasteiger partial charge in [-0.15, -0.1) is 0 Å². The van der Waals surface area contributed by atoms with Gasteiger partial charge in [-0.3, -0.25) is 4.72 Å². The van der Waals surface area contributed by atoms with Crippen molar-refractivity contribution >= 4 is 54.8 Å². The lowest BCUT2D eigenvalue weighted by molar-refractivity contribution is 0.600. The summed E-state index contributed by atoms with van der Waals surface area (Å²) in [6.07, 6.45) is 0. The van der Waals surface area contributed by atoms with E-state index in [0.29, 0.717) is 20.7 Å². The van der Waals surface area contributed by atoms with Crippen molar-refractivity contribution in [2.45, 2.75) is 11.4 Å². The largest absolute Gasteiger partial charge is 0.326 e. The molecule has 2 aromatic rings. The molecule has 0 fully saturated rings. The van der Waals surface area contributed by atoms with E-state index in [1.54, 1.807) is 12.1 Å². The van der Waals surface area contributed by atoms with Crippen LogP contribution in [0.3, 0.4) is 0 Å². The minimum absolute atomic E-state index is 0.108. The highest BCUT2D eigenvalue weighted by Gasteiger charge is 2.18. The molecule has 0 aliphatic carbocycles. The van der Waals surface area contributed by atoms with Gasteiger partial charge in [0.15, 0.2) is 0 Å². The molecule has 0 saturated heterocycles. The Morgan fingerprint density at radius 2 is 1.81 bits per heavy atom. The van der Waals surface area contributed by atoms with E-state index in [0.717, 1.165) is 0 Å². The van der Waals surface area contributed by atoms with Gasteiger partial charge in [0.1, 0.15) is 4.90 Å². The van der Waals surface area contributed by atoms with E-state index >= 15 is 0 Å². The highest BCUT2D eigenvalue weighted by molar-refractivity contribution is 9.10. The first-order valence-corrected chi connectivity index (χ1v) is 8.83. The molecule has 3 N–H and O–H groups in total. The Morgan fingerprint density at radius 3 is 2.43 bits per heavy atom. The number of hydrogen-bond donors (Lipinski definition) is 2. The molecule has 0 radical (unpaired) electrons. The second kappa shape index (κ2) is 6.54. The van der Waals surface area contributed by atoms with Crippen LogP contribution in [0.15, 0.2) is 45.8 Å². The fraction of sp³-hybridized carbons (Fsp3) is 0.0769. The summed E-state index contributed by atoms with van der Waals surface area (Å²) in [6.45, 7) is 0.253. The van der Waals surface area contributed by atoms with Crippen molar-refractivity contribution in [2.75, 3.05) is 4.72 Å². The molecule has 2 aromatic carbocycles. The Balaban J connectivity index is 2.40. The SMILES string of the molecule is NCc1ccc(Br)c(S(=O)(=O)Nc2ccc(Cl)c(Cl)c2)c1. The molecule has 0 atom stereocenters. The smallest absolute Gasteiger partial charge is 0.263 e. The zero-order valence-corrected chi connectivity index (χ0v) is 14.5. The van der Waals surface area contributed by atoms with Crippen molar-refractivity contribution in [3.05, 3.63) is 56.5 Å². The van der Waals surface area contributed by atoms with Crippen LogP contribution in [0.2, 0.25) is 10.0 Å². The van der Waals surface area contributed by atoms with Crippen molar-refractivity contribution in [3.8, 4) is 0 Å². The summed E-state index contributed by atoms with van der Waals surface area (Å²) in [4.78, 5) is 0.108. The molecule has 0 unspecified atom stereocenters. The summed E-state index contributed by atoms with van der Waals surface area (Å²) in [5.74, 6) is 0. The molecule has 0 aliphatic heterocycles. The average Bonchev–Trinajstić information content (AvgIpc) is 2.43. The molecule has 21 heavy (non-hydrogen) atoms. The molecule has 0 saturated carbocycles. The van der Waals surface area contributed by atoms with Crippen molar-refractivity contribution in [1.82, 2.24) is 0 Å². The Hall–Kier alpha value is -0.790. The second-order valence-corrected chi connectivity index (χ2v) is 7.52. The quantitative estimate of drug-likeness (QED) is 0.800. The number of nitrogens with two attached hydrogens (primary N) is 1. The van der Waals surface area contributed by atoms with Gasteiger partial charge in [-0.25, -0.2) is 8.42 Å². The second-order valence-electron chi connectivity index (χ2n) is 4.20. The Morgan fingerprint density at radius 1 is 1.10 bits per heavy atom. The van der Waals surface area contributed by atoms with Crippen molar-refractivity contribution in [2.24, 2.45) is 5.73 Å². The molecular formula is C13H11BrCl2N2O2S. The minimum Gasteiger partial charge on any atom is -0.326 e. The maximum Gasteiger partial charge on any atom is 0.263 e. The molecule has 0 aromatic heterocycles. The number of anilines is 1. The van der Waals surface area contributed by atoms with Crippen LogP contribution in [-0.2, 0) is 16.6 Å². The maximum absolute atomic E-state index is 12.4. The van der Waals surface area contributed by atoms with Crippen LogP contribution in [0.5, 0.6) is 0 Å². The van der Waals surface area contributed by atoms with Crippen LogP contribution in [-0.4, -0.2) is 8.42 Å². The first-order chi connectivity index (χ1) is 9.83. The van der Waals surface area contributed by atoms with E-state index in [-0.39, 0.29) is 16.5 Å². The van der Waals surface area contributed by atoms with Crippen LogP contribution in [0.25, 0.3) is 0 Å². The van der Waals surface area contributed by atoms with Gasteiger partial charge in [0.05, 0.1) is 15.7 Å². The summed E-state index contributed by atoms with van der Waals surface area (Å²) in [5.41, 5.74) is 6.58. The molecule has 0 amide bonds. The lowest BCUT2D eigenvalue weighted by atomic mass is 10.2. The average molecular weight is 410 g/mol. The highest BCUT2D eigenvalue weighted by Crippen LogP contribution is 2.28.